The van der Waals surface area contributed by atoms with E-state index in [-0.39, 0.29) is 0 Å². The van der Waals surface area contributed by atoms with Crippen LogP contribution < -0.4 is 4.74 Å². The average molecular weight is 299 g/mol. The number of alkyl halides is 1. The van der Waals surface area contributed by atoms with Crippen molar-refractivity contribution in [3.8, 4) is 5.75 Å². The molecular formula is C14H16Cl2N2O. The number of aryl methyl sites for hydroxylation is 2. The third-order valence-corrected chi connectivity index (χ3v) is 3.60. The van der Waals surface area contributed by atoms with Crippen LogP contribution in [0.15, 0.2) is 24.3 Å². The molecule has 0 aliphatic carbocycles. The van der Waals surface area contributed by atoms with Crippen LogP contribution in [0.2, 0.25) is 5.02 Å². The van der Waals surface area contributed by atoms with E-state index in [0.29, 0.717) is 17.5 Å². The van der Waals surface area contributed by atoms with Crippen molar-refractivity contribution in [2.75, 3.05) is 0 Å². The Morgan fingerprint density at radius 1 is 1.37 bits per heavy atom. The summed E-state index contributed by atoms with van der Waals surface area (Å²) in [6.45, 7) is 2.53. The molecule has 19 heavy (non-hydrogen) atoms. The molecule has 2 aromatic rings. The standard InChI is InChI=1S/C14H16Cl2N2O/c1-3-10-7-11(18(2)17-10)9-19-14-6-4-5-13(16)12(14)8-15/h4-7H,3,8-9H2,1-2H3. The number of halogens is 2. The molecule has 102 valence electrons. The number of ether oxygens (including phenoxy) is 1. The molecular weight excluding hydrogens is 283 g/mol. The van der Waals surface area contributed by atoms with Crippen molar-refractivity contribution in [1.29, 1.82) is 0 Å². The van der Waals surface area contributed by atoms with Crippen molar-refractivity contribution in [1.82, 2.24) is 9.78 Å². The Morgan fingerprint density at radius 3 is 2.79 bits per heavy atom. The highest BCUT2D eigenvalue weighted by molar-refractivity contribution is 6.32. The Labute approximate surface area is 123 Å². The van der Waals surface area contributed by atoms with Gasteiger partial charge in [-0.2, -0.15) is 5.10 Å². The van der Waals surface area contributed by atoms with Gasteiger partial charge in [0.15, 0.2) is 0 Å². The molecule has 1 heterocycles. The molecule has 0 fully saturated rings. The van der Waals surface area contributed by atoms with Crippen molar-refractivity contribution >= 4 is 23.2 Å². The minimum absolute atomic E-state index is 0.334. The zero-order valence-corrected chi connectivity index (χ0v) is 12.5. The van der Waals surface area contributed by atoms with Gasteiger partial charge in [0.2, 0.25) is 0 Å². The van der Waals surface area contributed by atoms with Gasteiger partial charge >= 0.3 is 0 Å². The van der Waals surface area contributed by atoms with Crippen LogP contribution >= 0.6 is 23.2 Å². The topological polar surface area (TPSA) is 27.1 Å². The molecule has 0 saturated heterocycles. The maximum atomic E-state index is 6.09. The van der Waals surface area contributed by atoms with E-state index in [9.17, 15) is 0 Å². The summed E-state index contributed by atoms with van der Waals surface area (Å²) in [4.78, 5) is 0. The van der Waals surface area contributed by atoms with E-state index in [1.165, 1.54) is 0 Å². The van der Waals surface area contributed by atoms with Crippen LogP contribution in [-0.2, 0) is 26.0 Å². The Balaban J connectivity index is 2.14. The van der Waals surface area contributed by atoms with Crippen LogP contribution in [0.1, 0.15) is 23.9 Å². The van der Waals surface area contributed by atoms with Crippen LogP contribution in [0.4, 0.5) is 0 Å². The number of hydrogen-bond acceptors (Lipinski definition) is 2. The van der Waals surface area contributed by atoms with Gasteiger partial charge in [-0.1, -0.05) is 24.6 Å². The number of rotatable bonds is 5. The van der Waals surface area contributed by atoms with Crippen molar-refractivity contribution in [3.05, 3.63) is 46.2 Å². The maximum Gasteiger partial charge on any atom is 0.130 e. The fraction of sp³-hybridized carbons (Fsp3) is 0.357. The molecule has 0 bridgehead atoms. The zero-order chi connectivity index (χ0) is 13.8. The van der Waals surface area contributed by atoms with Crippen LogP contribution in [0.3, 0.4) is 0 Å². The lowest BCUT2D eigenvalue weighted by Crippen LogP contribution is -2.04. The van der Waals surface area contributed by atoms with Crippen LogP contribution in [0.25, 0.3) is 0 Å². The largest absolute Gasteiger partial charge is 0.487 e. The van der Waals surface area contributed by atoms with E-state index in [2.05, 4.69) is 12.0 Å². The normalized spacial score (nSPS) is 10.7. The average Bonchev–Trinajstić information content (AvgIpc) is 2.77. The number of hydrogen-bond donors (Lipinski definition) is 0. The van der Waals surface area contributed by atoms with Gasteiger partial charge in [0.25, 0.3) is 0 Å². The van der Waals surface area contributed by atoms with Gasteiger partial charge in [-0.25, -0.2) is 0 Å². The lowest BCUT2D eigenvalue weighted by molar-refractivity contribution is 0.292. The lowest BCUT2D eigenvalue weighted by atomic mass is 10.2. The van der Waals surface area contributed by atoms with Gasteiger partial charge in [0, 0.05) is 17.6 Å². The van der Waals surface area contributed by atoms with Crippen LogP contribution in [0.5, 0.6) is 5.75 Å². The molecule has 1 aromatic heterocycles. The van der Waals surface area contributed by atoms with Gasteiger partial charge < -0.3 is 4.74 Å². The second kappa shape index (κ2) is 6.31. The Morgan fingerprint density at radius 2 is 2.16 bits per heavy atom. The molecule has 3 nitrogen and oxygen atoms in total. The van der Waals surface area contributed by atoms with E-state index >= 15 is 0 Å². The lowest BCUT2D eigenvalue weighted by Gasteiger charge is -2.11. The summed E-state index contributed by atoms with van der Waals surface area (Å²) in [5, 5.41) is 5.02. The first-order chi connectivity index (χ1) is 9.15. The number of nitrogens with zero attached hydrogens (tertiary/aromatic N) is 2. The molecule has 2 rings (SSSR count). The fourth-order valence-electron chi connectivity index (χ4n) is 1.83. The first-order valence-corrected chi connectivity index (χ1v) is 7.05. The summed E-state index contributed by atoms with van der Waals surface area (Å²) >= 11 is 12.0. The van der Waals surface area contributed by atoms with Crippen molar-refractivity contribution in [2.24, 2.45) is 7.05 Å². The molecule has 0 atom stereocenters. The molecule has 0 aliphatic heterocycles. The van der Waals surface area contributed by atoms with Gasteiger partial charge in [0.1, 0.15) is 12.4 Å². The summed E-state index contributed by atoms with van der Waals surface area (Å²) in [5.74, 6) is 1.06. The fourth-order valence-corrected chi connectivity index (χ4v) is 2.41. The third-order valence-electron chi connectivity index (χ3n) is 2.97. The first-order valence-electron chi connectivity index (χ1n) is 6.13. The number of aromatic nitrogens is 2. The van der Waals surface area contributed by atoms with Crippen molar-refractivity contribution < 1.29 is 4.74 Å². The summed E-state index contributed by atoms with van der Waals surface area (Å²) in [7, 11) is 1.91. The van der Waals surface area contributed by atoms with Crippen LogP contribution in [0, 0.1) is 0 Å². The van der Waals surface area contributed by atoms with Gasteiger partial charge in [-0.05, 0) is 24.6 Å². The van der Waals surface area contributed by atoms with E-state index in [1.54, 1.807) is 0 Å². The highest BCUT2D eigenvalue weighted by Crippen LogP contribution is 2.28. The summed E-state index contributed by atoms with van der Waals surface area (Å²) in [6, 6.07) is 7.59. The molecule has 0 spiro atoms. The maximum absolute atomic E-state index is 6.09. The first kappa shape index (κ1) is 14.2. The summed E-state index contributed by atoms with van der Waals surface area (Å²) < 4.78 is 7.64. The summed E-state index contributed by atoms with van der Waals surface area (Å²) in [5.41, 5.74) is 2.91. The molecule has 0 radical (unpaired) electrons. The molecule has 1 aromatic carbocycles. The molecule has 0 saturated carbocycles. The Bertz CT molecular complexity index is 567. The highest BCUT2D eigenvalue weighted by atomic mass is 35.5. The molecule has 0 aliphatic rings. The monoisotopic (exact) mass is 298 g/mol. The van der Waals surface area contributed by atoms with Gasteiger partial charge in [-0.3, -0.25) is 4.68 Å². The summed E-state index contributed by atoms with van der Waals surface area (Å²) in [6.07, 6.45) is 0.915. The second-order valence-corrected chi connectivity index (χ2v) is 4.92. The van der Waals surface area contributed by atoms with Crippen molar-refractivity contribution in [3.63, 3.8) is 0 Å². The third kappa shape index (κ3) is 3.23. The Kier molecular flexibility index (Phi) is 4.72. The zero-order valence-electron chi connectivity index (χ0n) is 11.0. The minimum atomic E-state index is 0.334. The highest BCUT2D eigenvalue weighted by Gasteiger charge is 2.09. The van der Waals surface area contributed by atoms with E-state index in [0.717, 1.165) is 29.1 Å². The van der Waals surface area contributed by atoms with Gasteiger partial charge in [-0.15, -0.1) is 11.6 Å². The molecule has 0 unspecified atom stereocenters. The van der Waals surface area contributed by atoms with E-state index in [1.807, 2.05) is 36.0 Å². The molecule has 0 N–H and O–H groups in total. The second-order valence-electron chi connectivity index (χ2n) is 4.24. The van der Waals surface area contributed by atoms with E-state index < -0.39 is 0 Å². The van der Waals surface area contributed by atoms with Gasteiger partial charge in [0.05, 0.1) is 17.3 Å². The predicted octanol–water partition coefficient (Wildman–Crippen LogP) is 3.95. The minimum Gasteiger partial charge on any atom is -0.487 e. The molecule has 0 amide bonds. The predicted molar refractivity (Wildman–Crippen MR) is 77.9 cm³/mol. The Hall–Kier alpha value is -1.19. The quantitative estimate of drug-likeness (QED) is 0.782. The SMILES string of the molecule is CCc1cc(COc2cccc(Cl)c2CCl)n(C)n1. The smallest absolute Gasteiger partial charge is 0.130 e. The molecule has 5 heteroatoms. The van der Waals surface area contributed by atoms with Crippen LogP contribution in [-0.4, -0.2) is 9.78 Å². The number of benzene rings is 1. The van der Waals surface area contributed by atoms with E-state index in [4.69, 9.17) is 27.9 Å². The van der Waals surface area contributed by atoms with Crippen molar-refractivity contribution in [2.45, 2.75) is 25.8 Å².